The van der Waals surface area contributed by atoms with Crippen LogP contribution in [-0.2, 0) is 15.1 Å². The van der Waals surface area contributed by atoms with Crippen molar-refractivity contribution in [3.8, 4) is 0 Å². The van der Waals surface area contributed by atoms with Crippen molar-refractivity contribution in [3.63, 3.8) is 0 Å². The van der Waals surface area contributed by atoms with Crippen LogP contribution in [0.2, 0.25) is 5.02 Å². The van der Waals surface area contributed by atoms with Gasteiger partial charge in [-0.2, -0.15) is 0 Å². The first kappa shape index (κ1) is 27.3. The number of halogens is 1. The van der Waals surface area contributed by atoms with Gasteiger partial charge in [0.05, 0.1) is 31.5 Å². The third kappa shape index (κ3) is 4.71. The maximum atomic E-state index is 12.1. The number of likely N-dealkylation sites (tertiary alicyclic amines) is 1. The van der Waals surface area contributed by atoms with Crippen molar-refractivity contribution < 1.29 is 14.6 Å². The summed E-state index contributed by atoms with van der Waals surface area (Å²) in [6, 6.07) is 8.00. The van der Waals surface area contributed by atoms with Crippen molar-refractivity contribution in [3.05, 3.63) is 46.5 Å². The monoisotopic (exact) mass is 541 g/mol. The van der Waals surface area contributed by atoms with E-state index in [4.69, 9.17) is 21.1 Å². The predicted octanol–water partition coefficient (Wildman–Crippen LogP) is 6.99. The first-order valence-corrected chi connectivity index (χ1v) is 15.8. The fourth-order valence-electron chi connectivity index (χ4n) is 9.60. The fourth-order valence-corrected chi connectivity index (χ4v) is 9.73. The van der Waals surface area contributed by atoms with Gasteiger partial charge in [0.2, 0.25) is 0 Å². The molecule has 1 heterocycles. The molecule has 6 rings (SSSR count). The smallest absolute Gasteiger partial charge is 0.0952 e. The highest BCUT2D eigenvalue weighted by Gasteiger charge is 2.64. The topological polar surface area (TPSA) is 41.9 Å². The Kier molecular flexibility index (Phi) is 7.76. The van der Waals surface area contributed by atoms with Crippen LogP contribution in [0.3, 0.4) is 0 Å². The predicted molar refractivity (Wildman–Crippen MR) is 153 cm³/mol. The Labute approximate surface area is 235 Å². The lowest BCUT2D eigenvalue weighted by molar-refractivity contribution is -0.133. The standard InChI is InChI=1S/C33H48ClNO3/c1-31-14-11-27(38-22-21-37-20-19-35-17-3-4-18-35)23-25(31)7-10-28-29(31)12-15-32(2)30(28)13-16-33(32,36)24-5-8-26(34)9-6-24/h5-6,8-9,23,27-30,36H,3-4,7,10-22H2,1-2H3/t27-,28+,29-,30-,31-,32-,33+/m0/s1. The second-order valence-corrected chi connectivity index (χ2v) is 13.9. The molecule has 5 heteroatoms. The number of rotatable bonds is 8. The number of nitrogens with zero attached hydrogens (tertiary/aromatic N) is 1. The zero-order valence-corrected chi connectivity index (χ0v) is 24.4. The van der Waals surface area contributed by atoms with E-state index in [1.54, 1.807) is 5.57 Å². The van der Waals surface area contributed by atoms with Crippen LogP contribution in [0.5, 0.6) is 0 Å². The molecule has 1 aliphatic heterocycles. The summed E-state index contributed by atoms with van der Waals surface area (Å²) in [7, 11) is 0. The number of benzene rings is 1. The normalized spacial score (nSPS) is 40.9. The fraction of sp³-hybridized carbons (Fsp3) is 0.758. The second kappa shape index (κ2) is 10.8. The van der Waals surface area contributed by atoms with E-state index in [-0.39, 0.29) is 16.9 Å². The highest BCUT2D eigenvalue weighted by atomic mass is 35.5. The molecule has 5 aliphatic rings. The zero-order valence-electron chi connectivity index (χ0n) is 23.6. The lowest BCUT2D eigenvalue weighted by atomic mass is 9.46. The molecule has 1 aromatic rings. The van der Waals surface area contributed by atoms with Gasteiger partial charge in [0.25, 0.3) is 0 Å². The Bertz CT molecular complexity index is 1010. The molecule has 0 spiro atoms. The number of hydrogen-bond donors (Lipinski definition) is 1. The highest BCUT2D eigenvalue weighted by Crippen LogP contribution is 2.69. The van der Waals surface area contributed by atoms with E-state index in [0.29, 0.717) is 25.0 Å². The van der Waals surface area contributed by atoms with E-state index in [2.05, 4.69) is 37.0 Å². The molecule has 0 radical (unpaired) electrons. The Balaban J connectivity index is 1.07. The minimum atomic E-state index is -0.744. The van der Waals surface area contributed by atoms with Gasteiger partial charge in [-0.3, -0.25) is 0 Å². The third-order valence-corrected chi connectivity index (χ3v) is 12.1. The van der Waals surface area contributed by atoms with E-state index >= 15 is 0 Å². The molecule has 4 nitrogen and oxygen atoms in total. The van der Waals surface area contributed by atoms with Gasteiger partial charge in [-0.15, -0.1) is 0 Å². The molecule has 0 bridgehead atoms. The van der Waals surface area contributed by atoms with Crippen molar-refractivity contribution in [2.45, 2.75) is 89.8 Å². The van der Waals surface area contributed by atoms with Gasteiger partial charge >= 0.3 is 0 Å². The highest BCUT2D eigenvalue weighted by molar-refractivity contribution is 6.30. The SMILES string of the molecule is C[C@]12CC[C@H](OCCOCCN3CCCC3)C=C1CC[C@@H]1[C@@H]2CC[C@@]2(C)[C@H]1CC[C@@]2(O)c1ccc(Cl)cc1. The van der Waals surface area contributed by atoms with Crippen LogP contribution >= 0.6 is 11.6 Å². The molecule has 4 fully saturated rings. The molecule has 210 valence electrons. The molecule has 0 amide bonds. The molecule has 0 unspecified atom stereocenters. The summed E-state index contributed by atoms with van der Waals surface area (Å²) < 4.78 is 12.2. The Hall–Kier alpha value is -0.910. The third-order valence-electron chi connectivity index (χ3n) is 11.9. The number of aliphatic hydroxyl groups is 1. The maximum absolute atomic E-state index is 12.1. The first-order valence-electron chi connectivity index (χ1n) is 15.4. The first-order chi connectivity index (χ1) is 18.3. The lowest BCUT2D eigenvalue weighted by Gasteiger charge is -2.59. The van der Waals surface area contributed by atoms with Crippen LogP contribution in [0.25, 0.3) is 0 Å². The van der Waals surface area contributed by atoms with Crippen LogP contribution in [0, 0.1) is 28.6 Å². The van der Waals surface area contributed by atoms with Gasteiger partial charge < -0.3 is 19.5 Å². The molecular weight excluding hydrogens is 494 g/mol. The summed E-state index contributed by atoms with van der Waals surface area (Å²) in [5.41, 5.74) is 2.20. The molecule has 0 aromatic heterocycles. The minimum absolute atomic E-state index is 0.0608. The van der Waals surface area contributed by atoms with E-state index in [9.17, 15) is 5.11 Å². The van der Waals surface area contributed by atoms with Crippen LogP contribution in [0.4, 0.5) is 0 Å². The Morgan fingerprint density at radius 2 is 1.68 bits per heavy atom. The summed E-state index contributed by atoms with van der Waals surface area (Å²) in [6.07, 6.45) is 14.5. The Morgan fingerprint density at radius 3 is 2.47 bits per heavy atom. The minimum Gasteiger partial charge on any atom is -0.385 e. The van der Waals surface area contributed by atoms with Gasteiger partial charge in [-0.05, 0) is 118 Å². The number of fused-ring (bicyclic) bond motifs is 5. The summed E-state index contributed by atoms with van der Waals surface area (Å²) in [5.74, 6) is 2.02. The maximum Gasteiger partial charge on any atom is 0.0952 e. The Morgan fingerprint density at radius 1 is 0.921 bits per heavy atom. The molecule has 7 atom stereocenters. The van der Waals surface area contributed by atoms with Gasteiger partial charge in [-0.25, -0.2) is 0 Å². The largest absolute Gasteiger partial charge is 0.385 e. The van der Waals surface area contributed by atoms with E-state index in [1.807, 2.05) is 12.1 Å². The number of allylic oxidation sites excluding steroid dienone is 1. The van der Waals surface area contributed by atoms with E-state index in [1.165, 1.54) is 51.6 Å². The average molecular weight is 542 g/mol. The summed E-state index contributed by atoms with van der Waals surface area (Å²) in [6.45, 7) is 10.7. The van der Waals surface area contributed by atoms with Crippen molar-refractivity contribution >= 4 is 11.6 Å². The van der Waals surface area contributed by atoms with Crippen LogP contribution in [-0.4, -0.2) is 55.6 Å². The zero-order chi connectivity index (χ0) is 26.4. The van der Waals surface area contributed by atoms with Crippen molar-refractivity contribution in [2.24, 2.45) is 28.6 Å². The molecule has 1 aromatic carbocycles. The quantitative estimate of drug-likeness (QED) is 0.284. The molecule has 38 heavy (non-hydrogen) atoms. The average Bonchev–Trinajstić information content (AvgIpc) is 3.53. The van der Waals surface area contributed by atoms with E-state index in [0.717, 1.165) is 55.3 Å². The molecule has 3 saturated carbocycles. The van der Waals surface area contributed by atoms with Crippen molar-refractivity contribution in [1.82, 2.24) is 4.90 Å². The second-order valence-electron chi connectivity index (χ2n) is 13.5. The number of ether oxygens (including phenoxy) is 2. The van der Waals surface area contributed by atoms with Gasteiger partial charge in [0.1, 0.15) is 0 Å². The van der Waals surface area contributed by atoms with Gasteiger partial charge in [0, 0.05) is 17.0 Å². The molecule has 1 saturated heterocycles. The lowest BCUT2D eigenvalue weighted by Crippen LogP contribution is -2.54. The van der Waals surface area contributed by atoms with Crippen LogP contribution in [0.1, 0.15) is 83.6 Å². The van der Waals surface area contributed by atoms with Crippen LogP contribution in [0.15, 0.2) is 35.9 Å². The summed E-state index contributed by atoms with van der Waals surface area (Å²) >= 11 is 6.18. The molecular formula is C33H48ClNO3. The van der Waals surface area contributed by atoms with Crippen LogP contribution < -0.4 is 0 Å². The molecule has 1 N–H and O–H groups in total. The van der Waals surface area contributed by atoms with Gasteiger partial charge in [0.15, 0.2) is 0 Å². The molecule has 4 aliphatic carbocycles. The summed E-state index contributed by atoms with van der Waals surface area (Å²) in [4.78, 5) is 2.50. The number of hydrogen-bond acceptors (Lipinski definition) is 4. The van der Waals surface area contributed by atoms with Crippen molar-refractivity contribution in [2.75, 3.05) is 39.5 Å². The van der Waals surface area contributed by atoms with E-state index < -0.39 is 5.60 Å². The van der Waals surface area contributed by atoms with Gasteiger partial charge in [-0.1, -0.05) is 49.2 Å². The summed E-state index contributed by atoms with van der Waals surface area (Å²) in [5, 5.41) is 12.9. The van der Waals surface area contributed by atoms with Crippen molar-refractivity contribution in [1.29, 1.82) is 0 Å².